The van der Waals surface area contributed by atoms with Gasteiger partial charge in [-0.25, -0.2) is 0 Å². The van der Waals surface area contributed by atoms with Gasteiger partial charge in [-0.15, -0.1) is 0 Å². The maximum absolute atomic E-state index is 12.7. The zero-order valence-electron chi connectivity index (χ0n) is 15.9. The maximum Gasteiger partial charge on any atom is 0.257 e. The monoisotopic (exact) mass is 370 g/mol. The molecule has 2 aliphatic rings. The van der Waals surface area contributed by atoms with Crippen LogP contribution in [-0.2, 0) is 16.1 Å². The van der Waals surface area contributed by atoms with Crippen LogP contribution in [0.3, 0.4) is 0 Å². The molecule has 1 amide bonds. The van der Waals surface area contributed by atoms with Crippen LogP contribution in [0.5, 0.6) is 0 Å². The first-order valence-electron chi connectivity index (χ1n) is 9.54. The fraction of sp³-hybridized carbons (Fsp3) is 0.524. The van der Waals surface area contributed by atoms with Gasteiger partial charge in [0.2, 0.25) is 0 Å². The third-order valence-corrected chi connectivity index (χ3v) is 5.70. The Kier molecular flexibility index (Phi) is 5.02. The highest BCUT2D eigenvalue weighted by molar-refractivity contribution is 5.96. The Morgan fingerprint density at radius 1 is 1.33 bits per heavy atom. The quantitative estimate of drug-likeness (QED) is 0.731. The molecule has 0 N–H and O–H groups in total. The third kappa shape index (κ3) is 3.64. The van der Waals surface area contributed by atoms with Crippen molar-refractivity contribution in [3.8, 4) is 0 Å². The van der Waals surface area contributed by atoms with Crippen molar-refractivity contribution in [2.75, 3.05) is 26.3 Å². The molecule has 0 aromatic carbocycles. The molecule has 27 heavy (non-hydrogen) atoms. The van der Waals surface area contributed by atoms with Crippen LogP contribution in [0.1, 0.15) is 40.3 Å². The van der Waals surface area contributed by atoms with E-state index in [1.807, 2.05) is 36.9 Å². The summed E-state index contributed by atoms with van der Waals surface area (Å²) < 4.78 is 17.4. The Bertz CT molecular complexity index is 796. The van der Waals surface area contributed by atoms with E-state index in [4.69, 9.17) is 13.9 Å². The van der Waals surface area contributed by atoms with Gasteiger partial charge in [-0.3, -0.25) is 9.78 Å². The summed E-state index contributed by atoms with van der Waals surface area (Å²) in [6, 6.07) is 5.76. The summed E-state index contributed by atoms with van der Waals surface area (Å²) in [4.78, 5) is 18.6. The molecule has 6 nitrogen and oxygen atoms in total. The van der Waals surface area contributed by atoms with E-state index in [1.54, 1.807) is 12.4 Å². The van der Waals surface area contributed by atoms with Crippen LogP contribution in [-0.4, -0.2) is 47.7 Å². The van der Waals surface area contributed by atoms with Crippen LogP contribution in [0.15, 0.2) is 35.0 Å². The van der Waals surface area contributed by atoms with Gasteiger partial charge in [-0.2, -0.15) is 0 Å². The first kappa shape index (κ1) is 18.2. The predicted molar refractivity (Wildman–Crippen MR) is 99.4 cm³/mol. The average Bonchev–Trinajstić information content (AvgIpc) is 3.20. The predicted octanol–water partition coefficient (Wildman–Crippen LogP) is 3.13. The summed E-state index contributed by atoms with van der Waals surface area (Å²) in [7, 11) is 0. The molecule has 2 aromatic rings. The van der Waals surface area contributed by atoms with Crippen molar-refractivity contribution in [3.63, 3.8) is 0 Å². The number of carbonyl (C=O) groups is 1. The van der Waals surface area contributed by atoms with Gasteiger partial charge in [0.15, 0.2) is 0 Å². The summed E-state index contributed by atoms with van der Waals surface area (Å²) >= 11 is 0. The highest BCUT2D eigenvalue weighted by Crippen LogP contribution is 2.42. The van der Waals surface area contributed by atoms with Crippen LogP contribution in [0, 0.1) is 19.8 Å². The van der Waals surface area contributed by atoms with E-state index in [0.29, 0.717) is 43.5 Å². The summed E-state index contributed by atoms with van der Waals surface area (Å²) in [6.07, 6.45) is 5.55. The van der Waals surface area contributed by atoms with Crippen molar-refractivity contribution in [1.29, 1.82) is 0 Å². The van der Waals surface area contributed by atoms with E-state index < -0.39 is 0 Å². The average molecular weight is 370 g/mol. The Morgan fingerprint density at radius 3 is 2.81 bits per heavy atom. The lowest BCUT2D eigenvalue weighted by atomic mass is 9.79. The van der Waals surface area contributed by atoms with E-state index >= 15 is 0 Å². The van der Waals surface area contributed by atoms with Crippen LogP contribution < -0.4 is 0 Å². The van der Waals surface area contributed by atoms with Crippen LogP contribution >= 0.6 is 0 Å². The lowest BCUT2D eigenvalue weighted by Gasteiger charge is -2.50. The number of pyridine rings is 1. The van der Waals surface area contributed by atoms with Gasteiger partial charge >= 0.3 is 0 Å². The second kappa shape index (κ2) is 7.44. The number of likely N-dealkylation sites (tertiary alicyclic amines) is 1. The van der Waals surface area contributed by atoms with E-state index in [0.717, 1.165) is 30.8 Å². The fourth-order valence-corrected chi connectivity index (χ4v) is 4.19. The Morgan fingerprint density at radius 2 is 2.11 bits per heavy atom. The van der Waals surface area contributed by atoms with Gasteiger partial charge in [-0.05, 0) is 56.4 Å². The van der Waals surface area contributed by atoms with Crippen LogP contribution in [0.4, 0.5) is 0 Å². The molecular formula is C21H26N2O4. The molecule has 1 atom stereocenters. The molecule has 1 spiro atoms. The van der Waals surface area contributed by atoms with Crippen molar-refractivity contribution >= 4 is 5.91 Å². The van der Waals surface area contributed by atoms with Gasteiger partial charge in [0.1, 0.15) is 17.1 Å². The molecule has 4 heterocycles. The molecule has 2 saturated heterocycles. The van der Waals surface area contributed by atoms with Crippen molar-refractivity contribution in [2.24, 2.45) is 5.92 Å². The first-order valence-corrected chi connectivity index (χ1v) is 9.54. The van der Waals surface area contributed by atoms with E-state index in [-0.39, 0.29) is 11.5 Å². The highest BCUT2D eigenvalue weighted by Gasteiger charge is 2.54. The Hall–Kier alpha value is -2.18. The molecule has 2 aromatic heterocycles. The molecule has 4 rings (SSSR count). The summed E-state index contributed by atoms with van der Waals surface area (Å²) in [6.45, 7) is 7.09. The minimum absolute atomic E-state index is 0.0400. The Balaban J connectivity index is 1.28. The molecule has 0 bridgehead atoms. The number of furan rings is 1. The van der Waals surface area contributed by atoms with Gasteiger partial charge in [-0.1, -0.05) is 0 Å². The maximum atomic E-state index is 12.7. The zero-order valence-corrected chi connectivity index (χ0v) is 15.9. The molecular weight excluding hydrogens is 344 g/mol. The minimum atomic E-state index is -0.192. The molecule has 0 aliphatic carbocycles. The lowest BCUT2D eigenvalue weighted by Crippen LogP contribution is -2.66. The third-order valence-electron chi connectivity index (χ3n) is 5.70. The van der Waals surface area contributed by atoms with Gasteiger partial charge < -0.3 is 18.8 Å². The molecule has 144 valence electrons. The number of ether oxygens (including phenoxy) is 2. The fourth-order valence-electron chi connectivity index (χ4n) is 4.19. The van der Waals surface area contributed by atoms with Gasteiger partial charge in [0.05, 0.1) is 25.3 Å². The molecule has 0 radical (unpaired) electrons. The van der Waals surface area contributed by atoms with Crippen molar-refractivity contribution in [1.82, 2.24) is 9.88 Å². The van der Waals surface area contributed by atoms with Crippen molar-refractivity contribution in [3.05, 3.63) is 53.2 Å². The largest absolute Gasteiger partial charge is 0.466 e. The van der Waals surface area contributed by atoms with E-state index in [2.05, 4.69) is 4.98 Å². The number of aryl methyl sites for hydroxylation is 2. The Labute approximate surface area is 159 Å². The smallest absolute Gasteiger partial charge is 0.257 e. The number of carbonyl (C=O) groups excluding carboxylic acids is 1. The summed E-state index contributed by atoms with van der Waals surface area (Å²) in [5, 5.41) is 0. The number of nitrogens with zero attached hydrogens (tertiary/aromatic N) is 2. The normalized spacial score (nSPS) is 20.8. The van der Waals surface area contributed by atoms with Crippen molar-refractivity contribution < 1.29 is 18.7 Å². The van der Waals surface area contributed by atoms with E-state index in [1.165, 1.54) is 0 Å². The molecule has 0 unspecified atom stereocenters. The minimum Gasteiger partial charge on any atom is -0.466 e. The van der Waals surface area contributed by atoms with Gasteiger partial charge in [0.25, 0.3) is 5.91 Å². The molecule has 2 aliphatic heterocycles. The van der Waals surface area contributed by atoms with Crippen LogP contribution in [0.25, 0.3) is 0 Å². The SMILES string of the molecule is Cc1cc(C(=O)N2CC3(C2)OCC[C@H]3CCOCc2ccncc2)c(C)o1. The number of aromatic nitrogens is 1. The topological polar surface area (TPSA) is 64.8 Å². The second-order valence-corrected chi connectivity index (χ2v) is 7.58. The molecule has 0 saturated carbocycles. The standard InChI is InChI=1S/C21H26N2O4/c1-15-11-19(16(2)27-15)20(24)23-13-21(14-23)18(6-10-26-21)5-9-25-12-17-3-7-22-8-4-17/h3-4,7-8,11,18H,5-6,9-10,12-14H2,1-2H3/t18-/m1/s1. The summed E-state index contributed by atoms with van der Waals surface area (Å²) in [5.41, 5.74) is 1.61. The summed E-state index contributed by atoms with van der Waals surface area (Å²) in [5.74, 6) is 1.93. The number of hydrogen-bond acceptors (Lipinski definition) is 5. The number of hydrogen-bond donors (Lipinski definition) is 0. The highest BCUT2D eigenvalue weighted by atomic mass is 16.5. The number of amides is 1. The first-order chi connectivity index (χ1) is 13.1. The second-order valence-electron chi connectivity index (χ2n) is 7.58. The van der Waals surface area contributed by atoms with E-state index in [9.17, 15) is 4.79 Å². The molecule has 6 heteroatoms. The van der Waals surface area contributed by atoms with Crippen molar-refractivity contribution in [2.45, 2.75) is 38.9 Å². The van der Waals surface area contributed by atoms with Crippen LogP contribution in [0.2, 0.25) is 0 Å². The molecule has 2 fully saturated rings. The lowest BCUT2D eigenvalue weighted by molar-refractivity contribution is -0.120. The zero-order chi connectivity index (χ0) is 18.9. The number of rotatable bonds is 6. The van der Waals surface area contributed by atoms with Gasteiger partial charge in [0, 0.05) is 25.6 Å².